The maximum absolute atomic E-state index is 15.1. The van der Waals surface area contributed by atoms with Gasteiger partial charge < -0.3 is 4.42 Å². The van der Waals surface area contributed by atoms with E-state index in [0.717, 1.165) is 33.0 Å². The van der Waals surface area contributed by atoms with Gasteiger partial charge in [0.25, 0.3) is 0 Å². The number of benzene rings is 4. The number of halogens is 1. The summed E-state index contributed by atoms with van der Waals surface area (Å²) in [4.78, 5) is 5.99. The number of hydrogen-bond donors (Lipinski definition) is 0. The van der Waals surface area contributed by atoms with Crippen LogP contribution >= 0.6 is 10.0 Å². The minimum atomic E-state index is -0.779. The van der Waals surface area contributed by atoms with Crippen molar-refractivity contribution in [2.75, 3.05) is 18.8 Å². The van der Waals surface area contributed by atoms with Crippen molar-refractivity contribution in [1.29, 1.82) is 5.26 Å². The molecule has 0 aliphatic heterocycles. The Morgan fingerprint density at radius 3 is 2.00 bits per heavy atom. The molecule has 0 aliphatic carbocycles. The summed E-state index contributed by atoms with van der Waals surface area (Å²) in [6.07, 6.45) is 8.50. The van der Waals surface area contributed by atoms with E-state index in [1.54, 1.807) is 6.20 Å². The molecule has 6 rings (SSSR count). The third-order valence-electron chi connectivity index (χ3n) is 7.79. The number of nitrogens with zero attached hydrogens (tertiary/aromatic N) is 2. The van der Waals surface area contributed by atoms with Gasteiger partial charge in [0, 0.05) is 39.7 Å². The van der Waals surface area contributed by atoms with Crippen molar-refractivity contribution < 1.29 is 8.81 Å². The number of fused-ring (bicyclic) bond motifs is 3. The van der Waals surface area contributed by atoms with Crippen molar-refractivity contribution in [3.8, 4) is 39.6 Å². The van der Waals surface area contributed by atoms with Crippen LogP contribution in [0.15, 0.2) is 100 Å². The van der Waals surface area contributed by atoms with Crippen molar-refractivity contribution >= 4 is 32.0 Å². The fraction of sp³-hybridized carbons (Fsp3) is 0.189. The number of para-hydroxylation sites is 1. The smallest absolute Gasteiger partial charge is 0.144 e. The molecule has 0 unspecified atom stereocenters. The van der Waals surface area contributed by atoms with E-state index < -0.39 is 10.0 Å². The summed E-state index contributed by atoms with van der Waals surface area (Å²) in [6, 6.07) is 30.5. The molecule has 0 N–H and O–H groups in total. The summed E-state index contributed by atoms with van der Waals surface area (Å²) in [5.41, 5.74) is 7.14. The van der Waals surface area contributed by atoms with Crippen molar-refractivity contribution in [1.82, 2.24) is 4.98 Å². The van der Waals surface area contributed by atoms with Gasteiger partial charge in [0.1, 0.15) is 17.0 Å². The van der Waals surface area contributed by atoms with Gasteiger partial charge in [-0.15, -0.1) is 0 Å². The Hall–Kier alpha value is -4.40. The zero-order valence-electron chi connectivity index (χ0n) is 24.7. The third kappa shape index (κ3) is 4.86. The molecule has 5 heteroatoms. The molecule has 0 saturated carbocycles. The van der Waals surface area contributed by atoms with E-state index in [1.807, 2.05) is 63.2 Å². The second-order valence-electron chi connectivity index (χ2n) is 12.5. The Balaban J connectivity index is 1.47. The van der Waals surface area contributed by atoms with Gasteiger partial charge >= 0.3 is 0 Å². The lowest BCUT2D eigenvalue weighted by molar-refractivity contribution is 0.520. The van der Waals surface area contributed by atoms with Gasteiger partial charge in [0.05, 0.1) is 17.3 Å². The first-order valence-electron chi connectivity index (χ1n) is 13.9. The molecule has 6 aromatic rings. The standard InChI is InChI=1S/C37H33FN2OS/c1-37(2,3)31-22-40-33(20-32(31)38)30-9-7-8-28-29-19-16-26(21-39)34(36(29)41-35(28)30)25-12-10-23(11-13-25)24-14-17-27(18-15-24)42(4,5)6/h7-20,22H,1-6H3. The zero-order chi connectivity index (χ0) is 29.8. The first kappa shape index (κ1) is 27.8. The van der Waals surface area contributed by atoms with E-state index >= 15 is 4.39 Å². The third-order valence-corrected chi connectivity index (χ3v) is 9.48. The van der Waals surface area contributed by atoms with E-state index in [2.05, 4.69) is 66.2 Å². The Bertz CT molecular complexity index is 2000. The number of aromatic nitrogens is 1. The monoisotopic (exact) mass is 572 g/mol. The first-order chi connectivity index (χ1) is 20.0. The molecule has 42 heavy (non-hydrogen) atoms. The van der Waals surface area contributed by atoms with Gasteiger partial charge in [-0.2, -0.15) is 5.26 Å². The Labute approximate surface area is 248 Å². The van der Waals surface area contributed by atoms with Crippen LogP contribution in [0.3, 0.4) is 0 Å². The molecule has 0 bridgehead atoms. The quantitative estimate of drug-likeness (QED) is 0.211. The van der Waals surface area contributed by atoms with Crippen LogP contribution in [0.5, 0.6) is 0 Å². The SMILES string of the molecule is CC(C)(C)c1cnc(-c2cccc3c2oc2c(-c4ccc(-c5ccc(S(C)(C)C)cc5)cc4)c(C#N)ccc23)cc1F. The molecule has 3 nitrogen and oxygen atoms in total. The second kappa shape index (κ2) is 10.2. The molecule has 0 fully saturated rings. The minimum Gasteiger partial charge on any atom is -0.455 e. The molecule has 0 radical (unpaired) electrons. The van der Waals surface area contributed by atoms with Crippen LogP contribution in [-0.4, -0.2) is 23.8 Å². The maximum Gasteiger partial charge on any atom is 0.144 e. The fourth-order valence-electron chi connectivity index (χ4n) is 5.46. The summed E-state index contributed by atoms with van der Waals surface area (Å²) < 4.78 is 21.7. The van der Waals surface area contributed by atoms with Gasteiger partial charge in [0.15, 0.2) is 0 Å². The highest BCUT2D eigenvalue weighted by Crippen LogP contribution is 2.46. The van der Waals surface area contributed by atoms with Gasteiger partial charge in [-0.3, -0.25) is 4.98 Å². The Morgan fingerprint density at radius 1 is 0.786 bits per heavy atom. The summed E-state index contributed by atoms with van der Waals surface area (Å²) in [5, 5.41) is 11.8. The van der Waals surface area contributed by atoms with Crippen LogP contribution in [-0.2, 0) is 5.41 Å². The predicted molar refractivity (Wildman–Crippen MR) is 175 cm³/mol. The highest BCUT2D eigenvalue weighted by atomic mass is 32.3. The molecule has 0 amide bonds. The van der Waals surface area contributed by atoms with Crippen LogP contribution in [0.4, 0.5) is 4.39 Å². The molecule has 2 heterocycles. The predicted octanol–water partition coefficient (Wildman–Crippen LogP) is 10.3. The molecule has 0 aliphatic rings. The van der Waals surface area contributed by atoms with E-state index in [4.69, 9.17) is 4.42 Å². The average molecular weight is 573 g/mol. The van der Waals surface area contributed by atoms with Crippen molar-refractivity contribution in [2.45, 2.75) is 31.1 Å². The largest absolute Gasteiger partial charge is 0.455 e. The maximum atomic E-state index is 15.1. The number of nitriles is 1. The van der Waals surface area contributed by atoms with Gasteiger partial charge in [-0.25, -0.2) is 14.4 Å². The lowest BCUT2D eigenvalue weighted by atomic mass is 9.87. The van der Waals surface area contributed by atoms with E-state index in [-0.39, 0.29) is 11.2 Å². The Morgan fingerprint density at radius 2 is 1.40 bits per heavy atom. The van der Waals surface area contributed by atoms with Crippen molar-refractivity contribution in [2.24, 2.45) is 0 Å². The molecule has 0 atom stereocenters. The van der Waals surface area contributed by atoms with Gasteiger partial charge in [-0.1, -0.05) is 69.3 Å². The number of hydrogen-bond acceptors (Lipinski definition) is 3. The molecule has 2 aromatic heterocycles. The van der Waals surface area contributed by atoms with E-state index in [0.29, 0.717) is 33.6 Å². The number of pyridine rings is 1. The lowest BCUT2D eigenvalue weighted by Crippen LogP contribution is -2.14. The highest BCUT2D eigenvalue weighted by molar-refractivity contribution is 8.32. The molecular formula is C37H33FN2OS. The normalized spacial score (nSPS) is 12.5. The fourth-order valence-corrected chi connectivity index (χ4v) is 6.41. The molecule has 4 aromatic carbocycles. The van der Waals surface area contributed by atoms with Gasteiger partial charge in [-0.05, 0) is 76.1 Å². The summed E-state index contributed by atoms with van der Waals surface area (Å²) in [7, 11) is -0.779. The van der Waals surface area contributed by atoms with Crippen LogP contribution in [0, 0.1) is 17.1 Å². The molecule has 210 valence electrons. The average Bonchev–Trinajstić information content (AvgIpc) is 3.34. The number of rotatable bonds is 4. The van der Waals surface area contributed by atoms with Crippen LogP contribution in [0.2, 0.25) is 0 Å². The topological polar surface area (TPSA) is 49.8 Å². The van der Waals surface area contributed by atoms with Gasteiger partial charge in [0.2, 0.25) is 0 Å². The minimum absolute atomic E-state index is 0.289. The molecule has 0 spiro atoms. The van der Waals surface area contributed by atoms with E-state index in [1.165, 1.54) is 11.0 Å². The first-order valence-corrected chi connectivity index (χ1v) is 16.8. The lowest BCUT2D eigenvalue weighted by Gasteiger charge is -2.25. The molecular weight excluding hydrogens is 539 g/mol. The number of furan rings is 1. The van der Waals surface area contributed by atoms with E-state index in [9.17, 15) is 5.26 Å². The summed E-state index contributed by atoms with van der Waals surface area (Å²) in [6.45, 7) is 5.91. The van der Waals surface area contributed by atoms with Crippen molar-refractivity contribution in [3.05, 3.63) is 108 Å². The zero-order valence-corrected chi connectivity index (χ0v) is 25.6. The highest BCUT2D eigenvalue weighted by Gasteiger charge is 2.22. The summed E-state index contributed by atoms with van der Waals surface area (Å²) >= 11 is 0. The Kier molecular flexibility index (Phi) is 6.71. The molecule has 0 saturated heterocycles. The van der Waals surface area contributed by atoms with Crippen LogP contribution in [0.1, 0.15) is 31.9 Å². The van der Waals surface area contributed by atoms with Crippen LogP contribution < -0.4 is 0 Å². The van der Waals surface area contributed by atoms with Crippen LogP contribution in [0.25, 0.3) is 55.4 Å². The van der Waals surface area contributed by atoms with Crippen molar-refractivity contribution in [3.63, 3.8) is 0 Å². The summed E-state index contributed by atoms with van der Waals surface area (Å²) in [5.74, 6) is -0.289. The second-order valence-corrected chi connectivity index (χ2v) is 16.6.